The Morgan fingerprint density at radius 3 is 2.60 bits per heavy atom. The van der Waals surface area contributed by atoms with Crippen LogP contribution in [-0.2, 0) is 29.2 Å². The van der Waals surface area contributed by atoms with Crippen LogP contribution in [-0.4, -0.2) is 49.0 Å². The molecule has 40 heavy (non-hydrogen) atoms. The molecule has 2 aromatic heterocycles. The normalized spacial score (nSPS) is 24.5. The van der Waals surface area contributed by atoms with E-state index in [2.05, 4.69) is 15.4 Å². The van der Waals surface area contributed by atoms with E-state index in [-0.39, 0.29) is 41.2 Å². The quantitative estimate of drug-likeness (QED) is 0.385. The summed E-state index contributed by atoms with van der Waals surface area (Å²) in [5.41, 5.74) is 1.12. The van der Waals surface area contributed by atoms with Crippen molar-refractivity contribution in [2.24, 2.45) is 25.9 Å². The molecule has 2 heterocycles. The molecule has 3 aromatic rings. The van der Waals surface area contributed by atoms with Crippen molar-refractivity contribution < 1.29 is 28.6 Å². The third-order valence-electron chi connectivity index (χ3n) is 8.04. The van der Waals surface area contributed by atoms with Crippen LogP contribution in [0.5, 0.6) is 5.88 Å². The predicted molar refractivity (Wildman–Crippen MR) is 145 cm³/mol. The van der Waals surface area contributed by atoms with Crippen LogP contribution in [0.4, 0.5) is 10.1 Å². The smallest absolute Gasteiger partial charge is 0.347 e. The number of benzene rings is 1. The van der Waals surface area contributed by atoms with Crippen LogP contribution in [0, 0.1) is 17.7 Å². The van der Waals surface area contributed by atoms with E-state index in [1.807, 2.05) is 0 Å². The van der Waals surface area contributed by atoms with Crippen LogP contribution in [0.1, 0.15) is 67.3 Å². The van der Waals surface area contributed by atoms with Gasteiger partial charge in [-0.05, 0) is 69.6 Å². The number of carbonyl (C=O) groups excluding carboxylic acids is 2. The third-order valence-corrected chi connectivity index (χ3v) is 8.33. The SMILES string of the molecule is CCOC(=O)C(C)Oc1cc(C2(O)CC3CC(c4ncn(C)c4C(=O)Nc4ccc(F)c(Cl)c4)CC3C2)n(C)n1. The summed E-state index contributed by atoms with van der Waals surface area (Å²) in [6, 6.07) is 5.73. The molecule has 0 spiro atoms. The molecule has 0 aliphatic heterocycles. The van der Waals surface area contributed by atoms with Crippen molar-refractivity contribution in [1.82, 2.24) is 19.3 Å². The summed E-state index contributed by atoms with van der Waals surface area (Å²) in [7, 11) is 3.52. The topological polar surface area (TPSA) is 121 Å². The minimum absolute atomic E-state index is 0.0640. The zero-order valence-electron chi connectivity index (χ0n) is 22.9. The highest BCUT2D eigenvalue weighted by molar-refractivity contribution is 6.31. The Morgan fingerprint density at radius 2 is 1.95 bits per heavy atom. The van der Waals surface area contributed by atoms with Gasteiger partial charge >= 0.3 is 5.97 Å². The average Bonchev–Trinajstić information content (AvgIpc) is 3.63. The number of imidazole rings is 1. The predicted octanol–water partition coefficient (Wildman–Crippen LogP) is 4.32. The number of hydrogen-bond donors (Lipinski definition) is 2. The Labute approximate surface area is 236 Å². The van der Waals surface area contributed by atoms with Gasteiger partial charge in [0.2, 0.25) is 5.88 Å². The van der Waals surface area contributed by atoms with Gasteiger partial charge in [-0.1, -0.05) is 11.6 Å². The fourth-order valence-corrected chi connectivity index (χ4v) is 6.49. The zero-order chi connectivity index (χ0) is 28.8. The number of halogens is 2. The van der Waals surface area contributed by atoms with Gasteiger partial charge in [-0.15, -0.1) is 5.10 Å². The first-order valence-electron chi connectivity index (χ1n) is 13.4. The van der Waals surface area contributed by atoms with Gasteiger partial charge in [-0.25, -0.2) is 14.2 Å². The molecule has 2 saturated carbocycles. The second-order valence-electron chi connectivity index (χ2n) is 10.8. The van der Waals surface area contributed by atoms with Gasteiger partial charge in [-0.2, -0.15) is 0 Å². The molecule has 0 radical (unpaired) electrons. The Morgan fingerprint density at radius 1 is 1.25 bits per heavy atom. The minimum Gasteiger partial charge on any atom is -0.463 e. The summed E-state index contributed by atoms with van der Waals surface area (Å²) in [4.78, 5) is 29.7. The first-order valence-corrected chi connectivity index (χ1v) is 13.7. The Kier molecular flexibility index (Phi) is 7.62. The number of hydrogen-bond acceptors (Lipinski definition) is 7. The van der Waals surface area contributed by atoms with Gasteiger partial charge in [0.25, 0.3) is 5.91 Å². The minimum atomic E-state index is -1.08. The molecule has 214 valence electrons. The van der Waals surface area contributed by atoms with Gasteiger partial charge < -0.3 is 24.5 Å². The number of carbonyl (C=O) groups is 2. The third kappa shape index (κ3) is 5.32. The number of aliphatic hydroxyl groups is 1. The average molecular weight is 574 g/mol. The fourth-order valence-electron chi connectivity index (χ4n) is 6.31. The highest BCUT2D eigenvalue weighted by atomic mass is 35.5. The molecule has 1 amide bonds. The van der Waals surface area contributed by atoms with Gasteiger partial charge in [0.15, 0.2) is 6.10 Å². The van der Waals surface area contributed by atoms with Crippen molar-refractivity contribution in [3.05, 3.63) is 58.5 Å². The number of fused-ring (bicyclic) bond motifs is 1. The molecule has 3 unspecified atom stereocenters. The van der Waals surface area contributed by atoms with Crippen LogP contribution < -0.4 is 10.1 Å². The summed E-state index contributed by atoms with van der Waals surface area (Å²) in [6.07, 6.45) is 3.47. The summed E-state index contributed by atoms with van der Waals surface area (Å²) in [5, 5.41) is 18.8. The largest absolute Gasteiger partial charge is 0.463 e. The van der Waals surface area contributed by atoms with Crippen molar-refractivity contribution in [3.63, 3.8) is 0 Å². The second kappa shape index (κ2) is 10.9. The van der Waals surface area contributed by atoms with Crippen molar-refractivity contribution in [1.29, 1.82) is 0 Å². The number of esters is 1. The lowest BCUT2D eigenvalue weighted by molar-refractivity contribution is -0.150. The van der Waals surface area contributed by atoms with Gasteiger partial charge in [0.05, 0.1) is 29.3 Å². The summed E-state index contributed by atoms with van der Waals surface area (Å²) in [6.45, 7) is 3.59. The van der Waals surface area contributed by atoms with Gasteiger partial charge in [-0.3, -0.25) is 9.48 Å². The van der Waals surface area contributed by atoms with Crippen LogP contribution in [0.2, 0.25) is 5.02 Å². The van der Waals surface area contributed by atoms with Gasteiger partial charge in [0, 0.05) is 31.8 Å². The second-order valence-corrected chi connectivity index (χ2v) is 11.2. The van der Waals surface area contributed by atoms with E-state index in [4.69, 9.17) is 21.1 Å². The number of aromatic nitrogens is 4. The van der Waals surface area contributed by atoms with Crippen molar-refractivity contribution >= 4 is 29.2 Å². The van der Waals surface area contributed by atoms with E-state index >= 15 is 0 Å². The molecule has 1 aromatic carbocycles. The zero-order valence-corrected chi connectivity index (χ0v) is 23.6. The fraction of sp³-hybridized carbons (Fsp3) is 0.500. The van der Waals surface area contributed by atoms with Crippen LogP contribution in [0.25, 0.3) is 0 Å². The van der Waals surface area contributed by atoms with Gasteiger partial charge in [0.1, 0.15) is 17.1 Å². The number of ether oxygens (including phenoxy) is 2. The number of nitrogens with zero attached hydrogens (tertiary/aromatic N) is 4. The van der Waals surface area contributed by atoms with E-state index in [0.29, 0.717) is 29.9 Å². The van der Waals surface area contributed by atoms with Crippen molar-refractivity contribution in [2.45, 2.75) is 57.2 Å². The Balaban J connectivity index is 1.27. The van der Waals surface area contributed by atoms with Crippen LogP contribution in [0.3, 0.4) is 0 Å². The maximum atomic E-state index is 13.5. The molecule has 2 aliphatic rings. The molecule has 12 heteroatoms. The van der Waals surface area contributed by atoms with E-state index in [9.17, 15) is 19.1 Å². The molecule has 0 bridgehead atoms. The number of aryl methyl sites for hydroxylation is 2. The molecule has 3 atom stereocenters. The first-order chi connectivity index (χ1) is 19.0. The number of amides is 1. The highest BCUT2D eigenvalue weighted by Crippen LogP contribution is 2.57. The summed E-state index contributed by atoms with van der Waals surface area (Å²) in [5.74, 6) is -0.575. The lowest BCUT2D eigenvalue weighted by Gasteiger charge is -2.24. The molecule has 2 fully saturated rings. The first kappa shape index (κ1) is 28.1. The number of nitrogens with one attached hydrogen (secondary N) is 1. The number of rotatable bonds is 8. The lowest BCUT2D eigenvalue weighted by Crippen LogP contribution is -2.26. The maximum absolute atomic E-state index is 13.5. The van der Waals surface area contributed by atoms with E-state index in [1.165, 1.54) is 18.2 Å². The molecule has 2 N–H and O–H groups in total. The van der Waals surface area contributed by atoms with Crippen LogP contribution in [0.15, 0.2) is 30.6 Å². The molecule has 0 saturated heterocycles. The van der Waals surface area contributed by atoms with Crippen molar-refractivity contribution in [2.75, 3.05) is 11.9 Å². The maximum Gasteiger partial charge on any atom is 0.347 e. The molecule has 10 nitrogen and oxygen atoms in total. The van der Waals surface area contributed by atoms with Crippen LogP contribution >= 0.6 is 11.6 Å². The molecule has 2 aliphatic carbocycles. The molecule has 5 rings (SSSR count). The summed E-state index contributed by atoms with van der Waals surface area (Å²) >= 11 is 5.87. The Hall–Kier alpha value is -3.44. The number of anilines is 1. The van der Waals surface area contributed by atoms with E-state index in [0.717, 1.165) is 18.5 Å². The Bertz CT molecular complexity index is 1420. The molecular weight excluding hydrogens is 541 g/mol. The van der Waals surface area contributed by atoms with E-state index in [1.54, 1.807) is 49.6 Å². The summed E-state index contributed by atoms with van der Waals surface area (Å²) < 4.78 is 27.5. The van der Waals surface area contributed by atoms with E-state index < -0.39 is 23.5 Å². The molecular formula is C28H33ClFN5O5. The lowest BCUT2D eigenvalue weighted by atomic mass is 9.90. The van der Waals surface area contributed by atoms with Crippen molar-refractivity contribution in [3.8, 4) is 5.88 Å². The highest BCUT2D eigenvalue weighted by Gasteiger charge is 2.51. The standard InChI is InChI=1S/C28H33ClFN5O5/c1-5-39-27(37)15(2)40-23-11-22(35(4)33-23)28(38)12-17-8-16(9-18(17)13-28)24-25(34(3)14-31-24)26(36)32-19-6-7-21(30)20(29)10-19/h6-7,10-11,14-18,38H,5,8-9,12-13H2,1-4H3,(H,32,36). The monoisotopic (exact) mass is 573 g/mol.